The minimum atomic E-state index is -1.09. The Morgan fingerprint density at radius 1 is 1.41 bits per heavy atom. The highest BCUT2D eigenvalue weighted by molar-refractivity contribution is 5.69. The number of methoxy groups -OCH3 is 1. The Labute approximate surface area is 98.0 Å². The first-order chi connectivity index (χ1) is 7.79. The molecule has 0 aromatic heterocycles. The molecule has 1 aromatic rings. The maximum absolute atomic E-state index is 13.5. The molecular formula is C12H14F2O3. The van der Waals surface area contributed by atoms with Crippen molar-refractivity contribution in [1.29, 1.82) is 0 Å². The summed E-state index contributed by atoms with van der Waals surface area (Å²) < 4.78 is 31.3. The molecular weight excluding hydrogens is 230 g/mol. The van der Waals surface area contributed by atoms with Crippen LogP contribution in [0.15, 0.2) is 12.1 Å². The Kier molecular flexibility index (Phi) is 3.70. The lowest BCUT2D eigenvalue weighted by molar-refractivity contribution is -0.138. The summed E-state index contributed by atoms with van der Waals surface area (Å²) >= 11 is 0. The van der Waals surface area contributed by atoms with Crippen LogP contribution in [-0.2, 0) is 10.2 Å². The molecule has 0 unspecified atom stereocenters. The van der Waals surface area contributed by atoms with Gasteiger partial charge in [-0.05, 0) is 6.07 Å². The summed E-state index contributed by atoms with van der Waals surface area (Å²) in [7, 11) is 1.22. The fourth-order valence-electron chi connectivity index (χ4n) is 1.74. The monoisotopic (exact) mass is 244 g/mol. The van der Waals surface area contributed by atoms with Crippen molar-refractivity contribution in [1.82, 2.24) is 0 Å². The van der Waals surface area contributed by atoms with Crippen LogP contribution in [0.3, 0.4) is 0 Å². The van der Waals surface area contributed by atoms with Gasteiger partial charge in [0.2, 0.25) is 5.82 Å². The molecule has 0 fully saturated rings. The summed E-state index contributed by atoms with van der Waals surface area (Å²) in [5.74, 6) is -3.36. The van der Waals surface area contributed by atoms with E-state index in [4.69, 9.17) is 9.84 Å². The Morgan fingerprint density at radius 2 is 2.00 bits per heavy atom. The zero-order valence-electron chi connectivity index (χ0n) is 9.88. The number of halogens is 2. The molecule has 0 amide bonds. The molecule has 0 heterocycles. The quantitative estimate of drug-likeness (QED) is 0.885. The third kappa shape index (κ3) is 2.72. The molecule has 5 heteroatoms. The standard InChI is InChI=1S/C12H14F2O3/c1-12(2,6-9(15)16)7-4-5-8(13)10(14)11(7)17-3/h4-5H,6H2,1-3H3,(H,15,16). The van der Waals surface area contributed by atoms with Gasteiger partial charge >= 0.3 is 5.97 Å². The maximum atomic E-state index is 13.5. The van der Waals surface area contributed by atoms with E-state index in [1.807, 2.05) is 0 Å². The normalized spacial score (nSPS) is 11.4. The van der Waals surface area contributed by atoms with E-state index in [9.17, 15) is 13.6 Å². The fraction of sp³-hybridized carbons (Fsp3) is 0.417. The maximum Gasteiger partial charge on any atom is 0.304 e. The average molecular weight is 244 g/mol. The van der Waals surface area contributed by atoms with E-state index >= 15 is 0 Å². The molecule has 0 bridgehead atoms. The minimum absolute atomic E-state index is 0.200. The molecule has 0 aliphatic carbocycles. The predicted octanol–water partition coefficient (Wildman–Crippen LogP) is 2.73. The van der Waals surface area contributed by atoms with Crippen molar-refractivity contribution in [2.24, 2.45) is 0 Å². The number of rotatable bonds is 4. The summed E-state index contributed by atoms with van der Waals surface area (Å²) in [4.78, 5) is 10.7. The number of carbonyl (C=O) groups is 1. The largest absolute Gasteiger partial charge is 0.493 e. The van der Waals surface area contributed by atoms with Crippen LogP contribution < -0.4 is 4.74 Å². The number of carboxylic acids is 1. The van der Waals surface area contributed by atoms with Crippen molar-refractivity contribution >= 4 is 5.97 Å². The molecule has 0 atom stereocenters. The van der Waals surface area contributed by atoms with Gasteiger partial charge in [0.25, 0.3) is 0 Å². The van der Waals surface area contributed by atoms with Crippen molar-refractivity contribution in [2.75, 3.05) is 7.11 Å². The van der Waals surface area contributed by atoms with Crippen LogP contribution in [0.5, 0.6) is 5.75 Å². The molecule has 0 aliphatic heterocycles. The van der Waals surface area contributed by atoms with Gasteiger partial charge in [-0.3, -0.25) is 4.79 Å². The third-order valence-corrected chi connectivity index (χ3v) is 2.58. The SMILES string of the molecule is COc1c(C(C)(C)CC(=O)O)ccc(F)c1F. The number of ether oxygens (including phenoxy) is 1. The lowest BCUT2D eigenvalue weighted by atomic mass is 9.81. The summed E-state index contributed by atoms with van der Waals surface area (Å²) in [6, 6.07) is 2.32. The van der Waals surface area contributed by atoms with Gasteiger partial charge in [0.15, 0.2) is 11.6 Å². The van der Waals surface area contributed by atoms with Crippen molar-refractivity contribution in [2.45, 2.75) is 25.7 Å². The number of carboxylic acid groups (broad SMARTS) is 1. The third-order valence-electron chi connectivity index (χ3n) is 2.58. The van der Waals surface area contributed by atoms with E-state index < -0.39 is 23.0 Å². The molecule has 0 saturated carbocycles. The van der Waals surface area contributed by atoms with Gasteiger partial charge in [-0.15, -0.1) is 0 Å². The Hall–Kier alpha value is -1.65. The molecule has 1 rings (SSSR count). The second-order valence-electron chi connectivity index (χ2n) is 4.40. The van der Waals surface area contributed by atoms with E-state index in [0.29, 0.717) is 5.56 Å². The van der Waals surface area contributed by atoms with E-state index in [1.54, 1.807) is 13.8 Å². The first-order valence-corrected chi connectivity index (χ1v) is 5.04. The molecule has 17 heavy (non-hydrogen) atoms. The van der Waals surface area contributed by atoms with E-state index in [1.165, 1.54) is 13.2 Å². The van der Waals surface area contributed by atoms with Crippen LogP contribution in [-0.4, -0.2) is 18.2 Å². The average Bonchev–Trinajstić information content (AvgIpc) is 2.19. The summed E-state index contributed by atoms with van der Waals surface area (Å²) in [5.41, 5.74) is -0.507. The molecule has 3 nitrogen and oxygen atoms in total. The first kappa shape index (κ1) is 13.4. The molecule has 1 N–H and O–H groups in total. The van der Waals surface area contributed by atoms with Crippen molar-refractivity contribution in [3.05, 3.63) is 29.3 Å². The van der Waals surface area contributed by atoms with Crippen LogP contribution in [0.1, 0.15) is 25.8 Å². The van der Waals surface area contributed by atoms with Gasteiger partial charge in [-0.2, -0.15) is 4.39 Å². The first-order valence-electron chi connectivity index (χ1n) is 5.04. The summed E-state index contributed by atoms with van der Waals surface area (Å²) in [6.07, 6.45) is -0.200. The number of hydrogen-bond acceptors (Lipinski definition) is 2. The highest BCUT2D eigenvalue weighted by atomic mass is 19.2. The van der Waals surface area contributed by atoms with E-state index in [0.717, 1.165) is 6.07 Å². The molecule has 0 aliphatic rings. The van der Waals surface area contributed by atoms with Crippen LogP contribution in [0.2, 0.25) is 0 Å². The van der Waals surface area contributed by atoms with Crippen LogP contribution >= 0.6 is 0 Å². The minimum Gasteiger partial charge on any atom is -0.493 e. The van der Waals surface area contributed by atoms with Gasteiger partial charge in [0.05, 0.1) is 13.5 Å². The Morgan fingerprint density at radius 3 is 2.47 bits per heavy atom. The lowest BCUT2D eigenvalue weighted by Gasteiger charge is -2.25. The van der Waals surface area contributed by atoms with Gasteiger partial charge < -0.3 is 9.84 Å². The van der Waals surface area contributed by atoms with Gasteiger partial charge in [-0.25, -0.2) is 4.39 Å². The zero-order chi connectivity index (χ0) is 13.2. The number of hydrogen-bond donors (Lipinski definition) is 1. The number of aliphatic carboxylic acids is 1. The van der Waals surface area contributed by atoms with Crippen LogP contribution in [0.4, 0.5) is 8.78 Å². The van der Waals surface area contributed by atoms with E-state index in [-0.39, 0.29) is 12.2 Å². The summed E-state index contributed by atoms with van der Waals surface area (Å²) in [6.45, 7) is 3.27. The molecule has 0 saturated heterocycles. The van der Waals surface area contributed by atoms with Gasteiger partial charge in [-0.1, -0.05) is 19.9 Å². The Bertz CT molecular complexity index is 442. The number of benzene rings is 1. The Balaban J connectivity index is 3.31. The van der Waals surface area contributed by atoms with Crippen molar-refractivity contribution in [3.63, 3.8) is 0 Å². The smallest absolute Gasteiger partial charge is 0.304 e. The molecule has 0 spiro atoms. The van der Waals surface area contributed by atoms with Crippen LogP contribution in [0.25, 0.3) is 0 Å². The lowest BCUT2D eigenvalue weighted by Crippen LogP contribution is -2.23. The molecule has 1 aromatic carbocycles. The fourth-order valence-corrected chi connectivity index (χ4v) is 1.74. The molecule has 94 valence electrons. The van der Waals surface area contributed by atoms with Crippen molar-refractivity contribution < 1.29 is 23.4 Å². The summed E-state index contributed by atoms with van der Waals surface area (Å²) in [5, 5.41) is 8.79. The molecule has 0 radical (unpaired) electrons. The second kappa shape index (κ2) is 4.69. The van der Waals surface area contributed by atoms with Crippen LogP contribution in [0, 0.1) is 11.6 Å². The highest BCUT2D eigenvalue weighted by Gasteiger charge is 2.29. The zero-order valence-corrected chi connectivity index (χ0v) is 9.88. The predicted molar refractivity (Wildman–Crippen MR) is 58.2 cm³/mol. The topological polar surface area (TPSA) is 46.5 Å². The van der Waals surface area contributed by atoms with E-state index in [2.05, 4.69) is 0 Å². The van der Waals surface area contributed by atoms with Gasteiger partial charge in [0.1, 0.15) is 0 Å². The van der Waals surface area contributed by atoms with Crippen molar-refractivity contribution in [3.8, 4) is 5.75 Å². The highest BCUT2D eigenvalue weighted by Crippen LogP contribution is 2.36. The second-order valence-corrected chi connectivity index (χ2v) is 4.40. The van der Waals surface area contributed by atoms with Gasteiger partial charge in [0, 0.05) is 11.0 Å².